The number of aliphatic hydroxyl groups is 1. The molecule has 0 bridgehead atoms. The van der Waals surface area contributed by atoms with Crippen molar-refractivity contribution in [2.45, 2.75) is 70.6 Å². The normalized spacial score (nSPS) is 18.5. The molecule has 1 aliphatic rings. The molecule has 2 heterocycles. The number of aromatic amines is 1. The first-order valence-corrected chi connectivity index (χ1v) is 13.0. The molecule has 4 N–H and O–H groups in total. The standard InChI is InChI=1S/C29H37N3O5/c1-5-15-29(6-2)21-9-7-8-10-22(21)32(27(36)37-29)17-16-28(3,4)30-18-24(34)19-11-13-23(33)26-20(19)12-14-25(35)31-26/h7-14,24,30,33-34H,5-6,15-18H2,1-4H3,(H,31,35). The summed E-state index contributed by atoms with van der Waals surface area (Å²) in [6.45, 7) is 8.93. The Morgan fingerprint density at radius 3 is 2.59 bits per heavy atom. The van der Waals surface area contributed by atoms with Crippen molar-refractivity contribution in [2.75, 3.05) is 18.0 Å². The Kier molecular flexibility index (Phi) is 7.62. The molecule has 0 saturated carbocycles. The molecule has 8 nitrogen and oxygen atoms in total. The third kappa shape index (κ3) is 5.36. The third-order valence-electron chi connectivity index (χ3n) is 7.41. The van der Waals surface area contributed by atoms with E-state index in [1.165, 1.54) is 12.1 Å². The number of β-amino-alcohol motifs (C(OH)–C–C–N with tert-alkyl or cyclic N) is 1. The molecular formula is C29H37N3O5. The molecule has 198 valence electrons. The van der Waals surface area contributed by atoms with E-state index in [0.29, 0.717) is 29.4 Å². The zero-order valence-electron chi connectivity index (χ0n) is 22.0. The van der Waals surface area contributed by atoms with Gasteiger partial charge in [-0.3, -0.25) is 9.69 Å². The fourth-order valence-electron chi connectivity index (χ4n) is 5.22. The minimum Gasteiger partial charge on any atom is -0.506 e. The van der Waals surface area contributed by atoms with Crippen molar-refractivity contribution >= 4 is 22.7 Å². The average molecular weight is 508 g/mol. The monoisotopic (exact) mass is 507 g/mol. The summed E-state index contributed by atoms with van der Waals surface area (Å²) in [4.78, 5) is 29.2. The van der Waals surface area contributed by atoms with Crippen molar-refractivity contribution in [3.05, 3.63) is 70.0 Å². The van der Waals surface area contributed by atoms with Gasteiger partial charge < -0.3 is 25.3 Å². The van der Waals surface area contributed by atoms with Gasteiger partial charge in [0.05, 0.1) is 17.3 Å². The van der Waals surface area contributed by atoms with Gasteiger partial charge in [0, 0.05) is 35.6 Å². The minimum atomic E-state index is -0.867. The number of para-hydroxylation sites is 1. The second-order valence-corrected chi connectivity index (χ2v) is 10.5. The Hall–Kier alpha value is -3.36. The van der Waals surface area contributed by atoms with Crippen LogP contribution in [0.25, 0.3) is 10.9 Å². The van der Waals surface area contributed by atoms with E-state index in [9.17, 15) is 19.8 Å². The molecule has 2 unspecified atom stereocenters. The number of hydrogen-bond donors (Lipinski definition) is 4. The van der Waals surface area contributed by atoms with Gasteiger partial charge in [-0.05, 0) is 56.9 Å². The number of benzene rings is 2. The van der Waals surface area contributed by atoms with Crippen molar-refractivity contribution in [3.63, 3.8) is 0 Å². The van der Waals surface area contributed by atoms with Gasteiger partial charge in [-0.25, -0.2) is 4.79 Å². The maximum atomic E-state index is 13.1. The Bertz CT molecular complexity index is 1330. The summed E-state index contributed by atoms with van der Waals surface area (Å²) in [6.07, 6.45) is 1.86. The van der Waals surface area contributed by atoms with Crippen LogP contribution in [-0.4, -0.2) is 39.9 Å². The van der Waals surface area contributed by atoms with Gasteiger partial charge in [-0.15, -0.1) is 0 Å². The van der Waals surface area contributed by atoms with E-state index in [1.54, 1.807) is 17.0 Å². The Morgan fingerprint density at radius 1 is 1.11 bits per heavy atom. The van der Waals surface area contributed by atoms with E-state index in [2.05, 4.69) is 30.2 Å². The van der Waals surface area contributed by atoms with Gasteiger partial charge in [0.1, 0.15) is 11.4 Å². The van der Waals surface area contributed by atoms with Gasteiger partial charge in [-0.2, -0.15) is 0 Å². The Labute approximate surface area is 217 Å². The number of nitrogens with zero attached hydrogens (tertiary/aromatic N) is 1. The van der Waals surface area contributed by atoms with Crippen LogP contribution in [0.15, 0.2) is 53.3 Å². The molecule has 1 aromatic heterocycles. The first-order chi connectivity index (χ1) is 17.6. The molecule has 2 aromatic carbocycles. The number of fused-ring (bicyclic) bond motifs is 2. The van der Waals surface area contributed by atoms with E-state index < -0.39 is 17.2 Å². The van der Waals surface area contributed by atoms with Gasteiger partial charge in [0.25, 0.3) is 0 Å². The quantitative estimate of drug-likeness (QED) is 0.304. The SMILES string of the molecule is CCCC1(CC)OC(=O)N(CCC(C)(C)NCC(O)c2ccc(O)c3[nH]c(=O)ccc23)c2ccccc21. The van der Waals surface area contributed by atoms with E-state index in [4.69, 9.17) is 4.74 Å². The smallest absolute Gasteiger partial charge is 0.415 e. The van der Waals surface area contributed by atoms with Crippen molar-refractivity contribution in [1.29, 1.82) is 0 Å². The number of rotatable bonds is 10. The zero-order valence-corrected chi connectivity index (χ0v) is 22.0. The predicted molar refractivity (Wildman–Crippen MR) is 145 cm³/mol. The van der Waals surface area contributed by atoms with Crippen LogP contribution in [0.3, 0.4) is 0 Å². The Morgan fingerprint density at radius 2 is 1.86 bits per heavy atom. The van der Waals surface area contributed by atoms with E-state index >= 15 is 0 Å². The van der Waals surface area contributed by atoms with Crippen molar-refractivity contribution in [3.8, 4) is 5.75 Å². The summed E-state index contributed by atoms with van der Waals surface area (Å²) >= 11 is 0. The second kappa shape index (κ2) is 10.6. The number of phenolic OH excluding ortho intramolecular Hbond substituents is 1. The highest BCUT2D eigenvalue weighted by Crippen LogP contribution is 2.44. The number of nitrogens with one attached hydrogen (secondary N) is 2. The molecule has 3 aromatic rings. The topological polar surface area (TPSA) is 115 Å². The number of aromatic hydroxyl groups is 1. The largest absolute Gasteiger partial charge is 0.506 e. The number of carbonyl (C=O) groups is 1. The Balaban J connectivity index is 1.46. The molecule has 2 atom stereocenters. The lowest BCUT2D eigenvalue weighted by Crippen LogP contribution is -2.49. The lowest BCUT2D eigenvalue weighted by Gasteiger charge is -2.43. The number of aromatic nitrogens is 1. The lowest BCUT2D eigenvalue weighted by atomic mass is 9.84. The number of anilines is 1. The highest BCUT2D eigenvalue weighted by molar-refractivity contribution is 5.91. The second-order valence-electron chi connectivity index (χ2n) is 10.5. The summed E-state index contributed by atoms with van der Waals surface area (Å²) in [7, 11) is 0. The van der Waals surface area contributed by atoms with Crippen molar-refractivity contribution < 1.29 is 19.7 Å². The number of amides is 1. The lowest BCUT2D eigenvalue weighted by molar-refractivity contribution is -0.00557. The summed E-state index contributed by atoms with van der Waals surface area (Å²) in [5.41, 5.74) is 1.54. The van der Waals surface area contributed by atoms with E-state index in [1.807, 2.05) is 32.0 Å². The van der Waals surface area contributed by atoms with Crippen LogP contribution < -0.4 is 15.8 Å². The fourth-order valence-corrected chi connectivity index (χ4v) is 5.22. The number of carbonyl (C=O) groups excluding carboxylic acids is 1. The predicted octanol–water partition coefficient (Wildman–Crippen LogP) is 5.09. The first kappa shape index (κ1) is 26.7. The molecule has 0 saturated heterocycles. The number of ether oxygens (including phenoxy) is 1. The number of phenols is 1. The molecular weight excluding hydrogens is 470 g/mol. The number of pyridine rings is 1. The van der Waals surface area contributed by atoms with Crippen LogP contribution >= 0.6 is 0 Å². The minimum absolute atomic E-state index is 0.0448. The number of H-pyrrole nitrogens is 1. The number of cyclic esters (lactones) is 1. The van der Waals surface area contributed by atoms with Crippen LogP contribution in [0.5, 0.6) is 5.75 Å². The van der Waals surface area contributed by atoms with Crippen LogP contribution in [0.4, 0.5) is 10.5 Å². The van der Waals surface area contributed by atoms with E-state index in [-0.39, 0.29) is 23.9 Å². The maximum absolute atomic E-state index is 13.1. The van der Waals surface area contributed by atoms with Gasteiger partial charge >= 0.3 is 6.09 Å². The van der Waals surface area contributed by atoms with Crippen LogP contribution in [0, 0.1) is 0 Å². The average Bonchev–Trinajstić information content (AvgIpc) is 2.87. The molecule has 8 heteroatoms. The summed E-state index contributed by atoms with van der Waals surface area (Å²) in [6, 6.07) is 14.1. The van der Waals surface area contributed by atoms with Gasteiger partial charge in [-0.1, -0.05) is 44.5 Å². The van der Waals surface area contributed by atoms with Gasteiger partial charge in [0.2, 0.25) is 5.56 Å². The summed E-state index contributed by atoms with van der Waals surface area (Å²) in [5, 5.41) is 25.1. The first-order valence-electron chi connectivity index (χ1n) is 13.0. The zero-order chi connectivity index (χ0) is 26.8. The van der Waals surface area contributed by atoms with Gasteiger partial charge in [0.15, 0.2) is 0 Å². The molecule has 0 aliphatic carbocycles. The van der Waals surface area contributed by atoms with Crippen molar-refractivity contribution in [2.24, 2.45) is 0 Å². The molecule has 0 spiro atoms. The number of hydrogen-bond acceptors (Lipinski definition) is 6. The highest BCUT2D eigenvalue weighted by Gasteiger charge is 2.43. The van der Waals surface area contributed by atoms with Crippen LogP contribution in [0.2, 0.25) is 0 Å². The van der Waals surface area contributed by atoms with Crippen LogP contribution in [0.1, 0.15) is 70.6 Å². The van der Waals surface area contributed by atoms with Crippen LogP contribution in [-0.2, 0) is 10.3 Å². The van der Waals surface area contributed by atoms with Crippen molar-refractivity contribution in [1.82, 2.24) is 10.3 Å². The molecule has 1 amide bonds. The summed E-state index contributed by atoms with van der Waals surface area (Å²) < 4.78 is 6.06. The highest BCUT2D eigenvalue weighted by atomic mass is 16.6. The molecule has 37 heavy (non-hydrogen) atoms. The molecule has 1 aliphatic heterocycles. The maximum Gasteiger partial charge on any atom is 0.415 e. The summed E-state index contributed by atoms with van der Waals surface area (Å²) in [5.74, 6) is -0.0448. The molecule has 0 radical (unpaired) electrons. The third-order valence-corrected chi connectivity index (χ3v) is 7.41. The molecule has 4 rings (SSSR count). The number of aliphatic hydroxyl groups excluding tert-OH is 1. The van der Waals surface area contributed by atoms with E-state index in [0.717, 1.165) is 30.5 Å². The molecule has 0 fully saturated rings. The fraction of sp³-hybridized carbons (Fsp3) is 0.448.